The maximum absolute atomic E-state index is 6.07. The van der Waals surface area contributed by atoms with E-state index in [1.165, 1.54) is 17.0 Å². The fourth-order valence-electron chi connectivity index (χ4n) is 2.63. The van der Waals surface area contributed by atoms with Crippen molar-refractivity contribution in [2.45, 2.75) is 10.8 Å². The SMILES string of the molecule is Nc1nnc(SCCCN2CCN(c3cccc(Cl)c3)CC2)s1. The molecule has 0 amide bonds. The molecule has 124 valence electrons. The largest absolute Gasteiger partial charge is 0.374 e. The first-order valence-electron chi connectivity index (χ1n) is 7.65. The summed E-state index contributed by atoms with van der Waals surface area (Å²) >= 11 is 9.28. The first-order valence-corrected chi connectivity index (χ1v) is 9.83. The molecule has 1 aliphatic heterocycles. The van der Waals surface area contributed by atoms with Crippen LogP contribution in [0.15, 0.2) is 28.6 Å². The van der Waals surface area contributed by atoms with Gasteiger partial charge in [0.15, 0.2) is 4.34 Å². The van der Waals surface area contributed by atoms with Gasteiger partial charge in [-0.15, -0.1) is 10.2 Å². The van der Waals surface area contributed by atoms with Gasteiger partial charge in [0.2, 0.25) is 5.13 Å². The minimum absolute atomic E-state index is 0.546. The number of benzene rings is 1. The Labute approximate surface area is 149 Å². The molecule has 3 rings (SSSR count). The number of rotatable bonds is 6. The van der Waals surface area contributed by atoms with E-state index in [0.717, 1.165) is 54.3 Å². The third-order valence-electron chi connectivity index (χ3n) is 3.81. The van der Waals surface area contributed by atoms with Crippen LogP contribution in [-0.4, -0.2) is 53.6 Å². The third kappa shape index (κ3) is 4.97. The van der Waals surface area contributed by atoms with Crippen LogP contribution in [0.3, 0.4) is 0 Å². The minimum atomic E-state index is 0.546. The van der Waals surface area contributed by atoms with Gasteiger partial charge in [0.05, 0.1) is 0 Å². The molecule has 0 bridgehead atoms. The van der Waals surface area contributed by atoms with E-state index >= 15 is 0 Å². The molecule has 2 N–H and O–H groups in total. The summed E-state index contributed by atoms with van der Waals surface area (Å²) in [5, 5.41) is 9.21. The molecule has 5 nitrogen and oxygen atoms in total. The lowest BCUT2D eigenvalue weighted by molar-refractivity contribution is 0.259. The summed E-state index contributed by atoms with van der Waals surface area (Å²) < 4.78 is 0.966. The maximum atomic E-state index is 6.07. The van der Waals surface area contributed by atoms with Crippen molar-refractivity contribution in [1.82, 2.24) is 15.1 Å². The summed E-state index contributed by atoms with van der Waals surface area (Å²) in [6.45, 7) is 5.44. The second-order valence-electron chi connectivity index (χ2n) is 5.42. The van der Waals surface area contributed by atoms with E-state index in [-0.39, 0.29) is 0 Å². The Bertz CT molecular complexity index is 628. The number of aromatic nitrogens is 2. The van der Waals surface area contributed by atoms with Gasteiger partial charge in [-0.25, -0.2) is 0 Å². The normalized spacial score (nSPS) is 16.0. The molecule has 0 atom stereocenters. The van der Waals surface area contributed by atoms with Crippen LogP contribution in [0.4, 0.5) is 10.8 Å². The number of nitrogens with zero attached hydrogens (tertiary/aromatic N) is 4. The van der Waals surface area contributed by atoms with Crippen LogP contribution in [0, 0.1) is 0 Å². The zero-order valence-electron chi connectivity index (χ0n) is 12.8. The van der Waals surface area contributed by atoms with E-state index in [9.17, 15) is 0 Å². The number of hydrogen-bond acceptors (Lipinski definition) is 7. The van der Waals surface area contributed by atoms with Gasteiger partial charge in [0.25, 0.3) is 0 Å². The molecule has 1 saturated heterocycles. The number of nitrogen functional groups attached to an aromatic ring is 1. The molecule has 2 heterocycles. The molecule has 1 aromatic heterocycles. The lowest BCUT2D eigenvalue weighted by atomic mass is 10.2. The molecule has 0 radical (unpaired) electrons. The minimum Gasteiger partial charge on any atom is -0.374 e. The number of halogens is 1. The lowest BCUT2D eigenvalue weighted by Crippen LogP contribution is -2.46. The Morgan fingerprint density at radius 2 is 2.04 bits per heavy atom. The summed E-state index contributed by atoms with van der Waals surface area (Å²) in [6, 6.07) is 8.11. The van der Waals surface area contributed by atoms with Crippen molar-refractivity contribution in [3.63, 3.8) is 0 Å². The van der Waals surface area contributed by atoms with Crippen LogP contribution in [0.2, 0.25) is 5.02 Å². The first-order chi connectivity index (χ1) is 11.2. The summed E-state index contributed by atoms with van der Waals surface area (Å²) in [5.74, 6) is 1.06. The van der Waals surface area contributed by atoms with E-state index < -0.39 is 0 Å². The molecule has 1 fully saturated rings. The topological polar surface area (TPSA) is 58.3 Å². The van der Waals surface area contributed by atoms with Crippen molar-refractivity contribution >= 4 is 45.5 Å². The molecule has 2 aromatic rings. The summed E-state index contributed by atoms with van der Waals surface area (Å²) in [7, 11) is 0. The molecule has 1 aliphatic rings. The molecular weight excluding hydrogens is 350 g/mol. The fourth-order valence-corrected chi connectivity index (χ4v) is 4.44. The van der Waals surface area contributed by atoms with E-state index in [2.05, 4.69) is 26.1 Å². The first kappa shape index (κ1) is 16.8. The molecule has 0 aliphatic carbocycles. The van der Waals surface area contributed by atoms with E-state index in [1.54, 1.807) is 11.8 Å². The predicted molar refractivity (Wildman–Crippen MR) is 99.8 cm³/mol. The molecule has 0 saturated carbocycles. The smallest absolute Gasteiger partial charge is 0.203 e. The molecule has 0 spiro atoms. The standard InChI is InChI=1S/C15H20ClN5S2/c16-12-3-1-4-13(11-12)21-8-6-20(7-9-21)5-2-10-22-15-19-18-14(17)23-15/h1,3-4,11H,2,5-10H2,(H2,17,18). The number of nitrogens with two attached hydrogens (primary N) is 1. The maximum Gasteiger partial charge on any atom is 0.203 e. The highest BCUT2D eigenvalue weighted by molar-refractivity contribution is 8.01. The van der Waals surface area contributed by atoms with E-state index in [4.69, 9.17) is 17.3 Å². The predicted octanol–water partition coefficient (Wildman–Crippen LogP) is 3.08. The monoisotopic (exact) mass is 369 g/mol. The van der Waals surface area contributed by atoms with Gasteiger partial charge in [-0.3, -0.25) is 4.90 Å². The molecule has 1 aromatic carbocycles. The van der Waals surface area contributed by atoms with Gasteiger partial charge < -0.3 is 10.6 Å². The number of thioether (sulfide) groups is 1. The summed E-state index contributed by atoms with van der Waals surface area (Å²) in [6.07, 6.45) is 1.15. The number of hydrogen-bond donors (Lipinski definition) is 1. The van der Waals surface area contributed by atoms with E-state index in [1.807, 2.05) is 18.2 Å². The molecule has 8 heteroatoms. The van der Waals surface area contributed by atoms with Gasteiger partial charge in [0, 0.05) is 42.6 Å². The number of piperazine rings is 1. The highest BCUT2D eigenvalue weighted by Crippen LogP contribution is 2.24. The zero-order valence-corrected chi connectivity index (χ0v) is 15.2. The van der Waals surface area contributed by atoms with Crippen LogP contribution in [0.25, 0.3) is 0 Å². The second-order valence-corrected chi connectivity index (χ2v) is 8.20. The lowest BCUT2D eigenvalue weighted by Gasteiger charge is -2.36. The van der Waals surface area contributed by atoms with E-state index in [0.29, 0.717) is 5.13 Å². The van der Waals surface area contributed by atoms with Gasteiger partial charge in [0.1, 0.15) is 0 Å². The van der Waals surface area contributed by atoms with Crippen molar-refractivity contribution in [3.05, 3.63) is 29.3 Å². The Morgan fingerprint density at radius 1 is 1.22 bits per heavy atom. The Morgan fingerprint density at radius 3 is 2.74 bits per heavy atom. The molecule has 23 heavy (non-hydrogen) atoms. The third-order valence-corrected chi connectivity index (χ3v) is 6.02. The highest BCUT2D eigenvalue weighted by atomic mass is 35.5. The second kappa shape index (κ2) is 8.19. The average Bonchev–Trinajstić information content (AvgIpc) is 2.98. The van der Waals surface area contributed by atoms with Gasteiger partial charge in [-0.1, -0.05) is 40.8 Å². The number of anilines is 2. The Kier molecular flexibility index (Phi) is 5.99. The van der Waals surface area contributed by atoms with Crippen molar-refractivity contribution in [2.75, 3.05) is 49.1 Å². The zero-order chi connectivity index (χ0) is 16.1. The fraction of sp³-hybridized carbons (Fsp3) is 0.467. The Balaban J connectivity index is 1.36. The summed E-state index contributed by atoms with van der Waals surface area (Å²) in [4.78, 5) is 4.93. The summed E-state index contributed by atoms with van der Waals surface area (Å²) in [5.41, 5.74) is 6.80. The van der Waals surface area contributed by atoms with Crippen molar-refractivity contribution in [2.24, 2.45) is 0 Å². The van der Waals surface area contributed by atoms with Crippen LogP contribution in [0.1, 0.15) is 6.42 Å². The van der Waals surface area contributed by atoms with Gasteiger partial charge >= 0.3 is 0 Å². The van der Waals surface area contributed by atoms with Crippen molar-refractivity contribution in [3.8, 4) is 0 Å². The van der Waals surface area contributed by atoms with Crippen LogP contribution >= 0.6 is 34.7 Å². The van der Waals surface area contributed by atoms with Crippen molar-refractivity contribution < 1.29 is 0 Å². The van der Waals surface area contributed by atoms with Crippen LogP contribution < -0.4 is 10.6 Å². The molecule has 0 unspecified atom stereocenters. The molecular formula is C15H20ClN5S2. The van der Waals surface area contributed by atoms with Gasteiger partial charge in [-0.05, 0) is 31.2 Å². The van der Waals surface area contributed by atoms with Crippen LogP contribution in [0.5, 0.6) is 0 Å². The Hall–Kier alpha value is -1.02. The quantitative estimate of drug-likeness (QED) is 0.623. The highest BCUT2D eigenvalue weighted by Gasteiger charge is 2.17. The van der Waals surface area contributed by atoms with Crippen molar-refractivity contribution in [1.29, 1.82) is 0 Å². The van der Waals surface area contributed by atoms with Crippen LogP contribution in [-0.2, 0) is 0 Å². The average molecular weight is 370 g/mol. The van der Waals surface area contributed by atoms with Gasteiger partial charge in [-0.2, -0.15) is 0 Å².